The van der Waals surface area contributed by atoms with Crippen LogP contribution in [0.3, 0.4) is 0 Å². The third kappa shape index (κ3) is 10.4. The van der Waals surface area contributed by atoms with Crippen LogP contribution in [-0.2, 0) is 20.8 Å². The van der Waals surface area contributed by atoms with E-state index in [2.05, 4.69) is 37.3 Å². The van der Waals surface area contributed by atoms with E-state index < -0.39 is 24.1 Å². The molecule has 1 unspecified atom stereocenters. The van der Waals surface area contributed by atoms with Gasteiger partial charge in [-0.25, -0.2) is 18.4 Å². The van der Waals surface area contributed by atoms with Gasteiger partial charge >= 0.3 is 12.1 Å². The molecule has 2 aromatic rings. The van der Waals surface area contributed by atoms with Gasteiger partial charge in [0.25, 0.3) is 0 Å². The van der Waals surface area contributed by atoms with Gasteiger partial charge in [-0.2, -0.15) is 5.10 Å². The third-order valence-electron chi connectivity index (χ3n) is 8.05. The molecule has 11 heteroatoms. The Morgan fingerprint density at radius 2 is 1.96 bits per heavy atom. The Morgan fingerprint density at radius 1 is 1.27 bits per heavy atom. The number of alkyl halides is 1. The standard InChI is InChI=1S/C31H39F2IN4O4.C3H4/c1-3-4-5-7-23(2)38-21-25(28(35-38)9-6-8-26(33)14-17-32)20-36-18-15-31(16-19-36)22-37(30(40)41-31)27-12-10-24(11-13-27)29(39)42-34;1-3-2/h6,8,10-14,21,23H,3-5,7,9,15-20,22H2,1-2H3;1H,2H3/b8-6-,26-14+;. The van der Waals surface area contributed by atoms with Crippen molar-refractivity contribution in [3.8, 4) is 12.3 Å². The van der Waals surface area contributed by atoms with E-state index in [1.54, 1.807) is 65.2 Å². The van der Waals surface area contributed by atoms with Gasteiger partial charge in [0.15, 0.2) is 23.0 Å². The van der Waals surface area contributed by atoms with Gasteiger partial charge in [0.05, 0.1) is 17.8 Å². The van der Waals surface area contributed by atoms with Crippen molar-refractivity contribution in [3.05, 3.63) is 71.3 Å². The fraction of sp³-hybridized carbons (Fsp3) is 0.500. The summed E-state index contributed by atoms with van der Waals surface area (Å²) < 4.78 is 38.8. The number of carbonyl (C=O) groups is 2. The van der Waals surface area contributed by atoms with E-state index in [1.165, 1.54) is 12.5 Å². The van der Waals surface area contributed by atoms with Gasteiger partial charge in [0, 0.05) is 62.4 Å². The first kappa shape index (κ1) is 36.2. The smallest absolute Gasteiger partial charge is 0.415 e. The zero-order valence-electron chi connectivity index (χ0n) is 26.3. The second-order valence-electron chi connectivity index (χ2n) is 11.4. The fourth-order valence-electron chi connectivity index (χ4n) is 5.51. The highest BCUT2D eigenvalue weighted by Gasteiger charge is 2.47. The second kappa shape index (κ2) is 18.0. The van der Waals surface area contributed by atoms with Crippen LogP contribution in [0, 0.1) is 12.3 Å². The number of halogens is 3. The summed E-state index contributed by atoms with van der Waals surface area (Å²) >= 11 is 1.55. The van der Waals surface area contributed by atoms with E-state index in [0.29, 0.717) is 43.6 Å². The van der Waals surface area contributed by atoms with Crippen molar-refractivity contribution in [1.29, 1.82) is 0 Å². The molecule has 244 valence electrons. The van der Waals surface area contributed by atoms with Gasteiger partial charge in [-0.05, 0) is 56.7 Å². The number of likely N-dealkylation sites (tertiary alicyclic amines) is 1. The molecule has 2 saturated heterocycles. The lowest BCUT2D eigenvalue weighted by molar-refractivity contribution is -0.00102. The number of anilines is 1. The summed E-state index contributed by atoms with van der Waals surface area (Å²) in [4.78, 5) is 28.5. The summed E-state index contributed by atoms with van der Waals surface area (Å²) in [5.74, 6) is 1.22. The monoisotopic (exact) mass is 736 g/mol. The van der Waals surface area contributed by atoms with E-state index >= 15 is 0 Å². The lowest BCUT2D eigenvalue weighted by atomic mass is 9.91. The Labute approximate surface area is 279 Å². The van der Waals surface area contributed by atoms with Gasteiger partial charge in [0.1, 0.15) is 18.1 Å². The predicted molar refractivity (Wildman–Crippen MR) is 181 cm³/mol. The number of terminal acetylenes is 1. The Hall–Kier alpha value is -3.24. The molecule has 1 spiro atoms. The van der Waals surface area contributed by atoms with Crippen molar-refractivity contribution < 1.29 is 26.2 Å². The molecule has 2 aliphatic rings. The summed E-state index contributed by atoms with van der Waals surface area (Å²) in [5, 5.41) is 4.86. The summed E-state index contributed by atoms with van der Waals surface area (Å²) in [5.41, 5.74) is 2.51. The van der Waals surface area contributed by atoms with Crippen LogP contribution in [-0.4, -0.2) is 58.7 Å². The van der Waals surface area contributed by atoms with Crippen LogP contribution in [0.25, 0.3) is 0 Å². The number of allylic oxidation sites excluding steroid dienone is 4. The number of rotatable bonds is 13. The van der Waals surface area contributed by atoms with Crippen LogP contribution in [0.5, 0.6) is 0 Å². The molecule has 2 aliphatic heterocycles. The summed E-state index contributed by atoms with van der Waals surface area (Å²) in [6, 6.07) is 7.00. The molecule has 1 amide bonds. The van der Waals surface area contributed by atoms with Gasteiger partial charge < -0.3 is 7.80 Å². The molecule has 0 bridgehead atoms. The zero-order chi connectivity index (χ0) is 32.8. The van der Waals surface area contributed by atoms with E-state index in [1.807, 2.05) is 4.68 Å². The number of ether oxygens (including phenoxy) is 1. The van der Waals surface area contributed by atoms with E-state index in [0.717, 1.165) is 49.7 Å². The molecule has 0 aliphatic carbocycles. The van der Waals surface area contributed by atoms with Gasteiger partial charge in [-0.1, -0.05) is 32.3 Å². The molecular weight excluding hydrogens is 693 g/mol. The highest BCUT2D eigenvalue weighted by molar-refractivity contribution is 14.1. The maximum Gasteiger partial charge on any atom is 0.415 e. The average molecular weight is 737 g/mol. The van der Waals surface area contributed by atoms with Crippen molar-refractivity contribution in [3.63, 3.8) is 0 Å². The maximum absolute atomic E-state index is 13.7. The van der Waals surface area contributed by atoms with Gasteiger partial charge in [-0.3, -0.25) is 14.5 Å². The zero-order valence-corrected chi connectivity index (χ0v) is 28.5. The summed E-state index contributed by atoms with van der Waals surface area (Å²) in [6.45, 7) is 7.82. The van der Waals surface area contributed by atoms with Crippen LogP contribution in [0.15, 0.2) is 54.5 Å². The quantitative estimate of drug-likeness (QED) is 0.0897. The Morgan fingerprint density at radius 3 is 2.58 bits per heavy atom. The lowest BCUT2D eigenvalue weighted by Crippen LogP contribution is -2.46. The topological polar surface area (TPSA) is 76.9 Å². The van der Waals surface area contributed by atoms with Crippen molar-refractivity contribution in [2.75, 3.05) is 31.2 Å². The number of hydrogen-bond donors (Lipinski definition) is 0. The number of nitrogens with zero attached hydrogens (tertiary/aromatic N) is 4. The van der Waals surface area contributed by atoms with Crippen LogP contribution >= 0.6 is 23.0 Å². The summed E-state index contributed by atoms with van der Waals surface area (Å²) in [7, 11) is 0. The number of amides is 1. The van der Waals surface area contributed by atoms with Crippen molar-refractivity contribution in [1.82, 2.24) is 14.7 Å². The number of benzene rings is 1. The lowest BCUT2D eigenvalue weighted by Gasteiger charge is -2.37. The molecule has 1 atom stereocenters. The molecule has 0 saturated carbocycles. The molecule has 1 aromatic carbocycles. The molecule has 45 heavy (non-hydrogen) atoms. The predicted octanol–water partition coefficient (Wildman–Crippen LogP) is 8.08. The number of hydrogen-bond acceptors (Lipinski definition) is 6. The first-order chi connectivity index (χ1) is 21.7. The Kier molecular flexibility index (Phi) is 14.5. The molecular formula is C34H43F2IN4O4. The average Bonchev–Trinajstić information content (AvgIpc) is 3.58. The molecule has 8 nitrogen and oxygen atoms in total. The van der Waals surface area contributed by atoms with Crippen LogP contribution in [0.4, 0.5) is 19.3 Å². The highest BCUT2D eigenvalue weighted by atomic mass is 127. The molecule has 4 rings (SSSR count). The summed E-state index contributed by atoms with van der Waals surface area (Å²) in [6.07, 6.45) is 16.6. The SMILES string of the molecule is C#CC.CCCCCC(C)n1cc(CN2CCC3(CC2)CN(c2ccc(C(=O)OI)cc2)C(=O)O3)c(C/C=C\C(F)=C/CF)n1. The highest BCUT2D eigenvalue weighted by Crippen LogP contribution is 2.36. The van der Waals surface area contributed by atoms with Gasteiger partial charge in [0.2, 0.25) is 0 Å². The van der Waals surface area contributed by atoms with Crippen molar-refractivity contribution in [2.24, 2.45) is 0 Å². The first-order valence-corrected chi connectivity index (χ1v) is 16.3. The van der Waals surface area contributed by atoms with Gasteiger partial charge in [-0.15, -0.1) is 12.3 Å². The maximum atomic E-state index is 13.7. The minimum atomic E-state index is -0.837. The molecule has 0 N–H and O–H groups in total. The first-order valence-electron chi connectivity index (χ1n) is 15.4. The fourth-order valence-corrected chi connectivity index (χ4v) is 5.76. The third-order valence-corrected chi connectivity index (χ3v) is 8.45. The molecule has 1 aromatic heterocycles. The van der Waals surface area contributed by atoms with E-state index in [-0.39, 0.29) is 12.1 Å². The van der Waals surface area contributed by atoms with Crippen LogP contribution in [0.2, 0.25) is 0 Å². The normalized spacial score (nSPS) is 17.1. The Balaban J connectivity index is 0.00000177. The largest absolute Gasteiger partial charge is 0.441 e. The molecule has 3 heterocycles. The van der Waals surface area contributed by atoms with E-state index in [9.17, 15) is 18.4 Å². The van der Waals surface area contributed by atoms with E-state index in [4.69, 9.17) is 12.9 Å². The van der Waals surface area contributed by atoms with Crippen molar-refractivity contribution >= 4 is 40.8 Å². The molecule has 2 fully saturated rings. The Bertz CT molecular complexity index is 1360. The second-order valence-corrected chi connectivity index (χ2v) is 11.8. The minimum absolute atomic E-state index is 0.256. The number of unbranched alkanes of at least 4 members (excludes halogenated alkanes) is 2. The van der Waals surface area contributed by atoms with Crippen molar-refractivity contribution in [2.45, 2.75) is 83.9 Å². The number of aromatic nitrogens is 2. The minimum Gasteiger partial charge on any atom is -0.441 e. The number of carbonyl (C=O) groups excluding carboxylic acids is 2. The molecule has 0 radical (unpaired) electrons. The van der Waals surface area contributed by atoms with Crippen LogP contribution in [0.1, 0.15) is 87.0 Å². The number of piperidine rings is 1. The van der Waals surface area contributed by atoms with Crippen LogP contribution < -0.4 is 4.90 Å².